The Labute approximate surface area is 128 Å². The zero-order valence-electron chi connectivity index (χ0n) is 12.5. The molecule has 3 rings (SSSR count). The molecule has 1 amide bonds. The summed E-state index contributed by atoms with van der Waals surface area (Å²) in [6.07, 6.45) is 3.61. The van der Waals surface area contributed by atoms with Crippen molar-refractivity contribution in [2.24, 2.45) is 0 Å². The number of amides is 1. The molecule has 0 aliphatic carbocycles. The monoisotopic (exact) mass is 305 g/mol. The van der Waals surface area contributed by atoms with E-state index in [2.05, 4.69) is 14.9 Å². The van der Waals surface area contributed by atoms with Crippen LogP contribution in [0.4, 0.5) is 0 Å². The van der Waals surface area contributed by atoms with Crippen LogP contribution >= 0.6 is 11.3 Å². The molecule has 3 heterocycles. The fourth-order valence-corrected chi connectivity index (χ4v) is 3.48. The first-order chi connectivity index (χ1) is 10.1. The van der Waals surface area contributed by atoms with E-state index in [-0.39, 0.29) is 11.9 Å². The minimum Gasteiger partial charge on any atom is -0.347 e. The molecule has 0 bridgehead atoms. The fraction of sp³-hybridized carbons (Fsp3) is 0.500. The zero-order chi connectivity index (χ0) is 15.0. The van der Waals surface area contributed by atoms with Crippen LogP contribution in [0.1, 0.15) is 22.3 Å². The van der Waals surface area contributed by atoms with Gasteiger partial charge in [0.2, 0.25) is 5.91 Å². The van der Waals surface area contributed by atoms with Crippen LogP contribution in [0.2, 0.25) is 0 Å². The molecule has 0 unspecified atom stereocenters. The summed E-state index contributed by atoms with van der Waals surface area (Å²) in [7, 11) is 3.59. The second-order valence-corrected chi connectivity index (χ2v) is 6.51. The molecule has 0 N–H and O–H groups in total. The molecular formula is C14H19N5OS. The van der Waals surface area contributed by atoms with E-state index in [1.165, 1.54) is 4.88 Å². The molecule has 7 heteroatoms. The van der Waals surface area contributed by atoms with Gasteiger partial charge in [0.05, 0.1) is 23.2 Å². The highest BCUT2D eigenvalue weighted by atomic mass is 32.1. The maximum absolute atomic E-state index is 12.4. The number of aromatic nitrogens is 3. The van der Waals surface area contributed by atoms with Gasteiger partial charge in [0.1, 0.15) is 6.04 Å². The van der Waals surface area contributed by atoms with Crippen LogP contribution in [0.15, 0.2) is 18.0 Å². The maximum Gasteiger partial charge on any atom is 0.246 e. The Bertz CT molecular complexity index is 647. The number of fused-ring (bicyclic) bond motifs is 1. The van der Waals surface area contributed by atoms with E-state index in [1.807, 2.05) is 23.2 Å². The Morgan fingerprint density at radius 2 is 2.33 bits per heavy atom. The lowest BCUT2D eigenvalue weighted by atomic mass is 10.1. The number of carbonyl (C=O) groups excluding carboxylic acids is 1. The van der Waals surface area contributed by atoms with Crippen LogP contribution in [0.3, 0.4) is 0 Å². The van der Waals surface area contributed by atoms with E-state index < -0.39 is 0 Å². The van der Waals surface area contributed by atoms with E-state index in [0.717, 1.165) is 24.5 Å². The van der Waals surface area contributed by atoms with Crippen molar-refractivity contribution in [1.29, 1.82) is 0 Å². The van der Waals surface area contributed by atoms with Crippen molar-refractivity contribution in [3.8, 4) is 0 Å². The van der Waals surface area contributed by atoms with Crippen LogP contribution in [-0.2, 0) is 17.9 Å². The van der Waals surface area contributed by atoms with E-state index >= 15 is 0 Å². The molecule has 6 nitrogen and oxygen atoms in total. The van der Waals surface area contributed by atoms with E-state index in [4.69, 9.17) is 0 Å². The van der Waals surface area contributed by atoms with Crippen molar-refractivity contribution >= 4 is 17.2 Å². The minimum absolute atomic E-state index is 0.111. The summed E-state index contributed by atoms with van der Waals surface area (Å²) < 4.78 is 2.00. The second-order valence-electron chi connectivity index (χ2n) is 5.57. The normalized spacial score (nSPS) is 18.5. The second kappa shape index (κ2) is 5.57. The molecule has 112 valence electrons. The molecule has 0 spiro atoms. The molecule has 2 aromatic rings. The number of rotatable bonds is 3. The van der Waals surface area contributed by atoms with Gasteiger partial charge in [-0.1, -0.05) is 0 Å². The van der Waals surface area contributed by atoms with Gasteiger partial charge in [-0.3, -0.25) is 9.69 Å². The average molecular weight is 305 g/mol. The van der Waals surface area contributed by atoms with E-state index in [1.54, 1.807) is 36.7 Å². The quantitative estimate of drug-likeness (QED) is 0.857. The molecule has 0 fully saturated rings. The Morgan fingerprint density at radius 1 is 1.52 bits per heavy atom. The van der Waals surface area contributed by atoms with Crippen LogP contribution in [0, 0.1) is 6.92 Å². The lowest BCUT2D eigenvalue weighted by molar-refractivity contribution is -0.133. The van der Waals surface area contributed by atoms with Gasteiger partial charge in [0.15, 0.2) is 0 Å². The number of carbonyl (C=O) groups is 1. The third-order valence-corrected chi connectivity index (χ3v) is 4.76. The van der Waals surface area contributed by atoms with Crippen molar-refractivity contribution in [3.63, 3.8) is 0 Å². The standard InChI is InChI=1S/C14H19N5OS/c1-10-13(21-9-16-10)7-18-5-11-4-15-8-19(11)12(6-18)14(20)17(2)3/h4,8-9,12H,5-7H2,1-3H3/t12-/m1/s1. The van der Waals surface area contributed by atoms with Crippen molar-refractivity contribution in [3.05, 3.63) is 34.3 Å². The molecular weight excluding hydrogens is 286 g/mol. The summed E-state index contributed by atoms with van der Waals surface area (Å²) in [6, 6.07) is -0.195. The molecule has 2 aromatic heterocycles. The summed E-state index contributed by atoms with van der Waals surface area (Å²) in [6.45, 7) is 4.38. The van der Waals surface area contributed by atoms with Gasteiger partial charge in [-0.2, -0.15) is 0 Å². The predicted octanol–water partition coefficient (Wildman–Crippen LogP) is 1.29. The number of imidazole rings is 1. The van der Waals surface area contributed by atoms with Gasteiger partial charge in [-0.15, -0.1) is 11.3 Å². The van der Waals surface area contributed by atoms with Crippen molar-refractivity contribution < 1.29 is 4.79 Å². The highest BCUT2D eigenvalue weighted by Gasteiger charge is 2.31. The Balaban J connectivity index is 1.83. The summed E-state index contributed by atoms with van der Waals surface area (Å²) in [5.74, 6) is 0.111. The number of hydrogen-bond acceptors (Lipinski definition) is 5. The van der Waals surface area contributed by atoms with Gasteiger partial charge in [-0.25, -0.2) is 9.97 Å². The summed E-state index contributed by atoms with van der Waals surface area (Å²) in [4.78, 5) is 26.1. The predicted molar refractivity (Wildman–Crippen MR) is 80.9 cm³/mol. The molecule has 1 aliphatic heterocycles. The number of nitrogens with zero attached hydrogens (tertiary/aromatic N) is 5. The SMILES string of the molecule is Cc1ncsc1CN1Cc2cncn2[C@@H](C(=O)N(C)C)C1. The lowest BCUT2D eigenvalue weighted by Gasteiger charge is -2.34. The van der Waals surface area contributed by atoms with Crippen LogP contribution in [-0.4, -0.2) is 50.9 Å². The summed E-state index contributed by atoms with van der Waals surface area (Å²) in [5, 5.41) is 0. The Morgan fingerprint density at radius 3 is 3.00 bits per heavy atom. The summed E-state index contributed by atoms with van der Waals surface area (Å²) in [5.41, 5.74) is 4.04. The van der Waals surface area contributed by atoms with Gasteiger partial charge < -0.3 is 9.47 Å². The van der Waals surface area contributed by atoms with E-state index in [0.29, 0.717) is 6.54 Å². The molecule has 0 radical (unpaired) electrons. The van der Waals surface area contributed by atoms with Crippen LogP contribution < -0.4 is 0 Å². The van der Waals surface area contributed by atoms with Crippen LogP contribution in [0.25, 0.3) is 0 Å². The lowest BCUT2D eigenvalue weighted by Crippen LogP contribution is -2.43. The largest absolute Gasteiger partial charge is 0.347 e. The first-order valence-electron chi connectivity index (χ1n) is 6.89. The number of thiazole rings is 1. The van der Waals surface area contributed by atoms with Gasteiger partial charge >= 0.3 is 0 Å². The number of hydrogen-bond donors (Lipinski definition) is 0. The highest BCUT2D eigenvalue weighted by molar-refractivity contribution is 7.09. The third kappa shape index (κ3) is 2.71. The first-order valence-corrected chi connectivity index (χ1v) is 7.77. The molecule has 0 saturated heterocycles. The molecule has 21 heavy (non-hydrogen) atoms. The summed E-state index contributed by atoms with van der Waals surface area (Å²) >= 11 is 1.67. The van der Waals surface area contributed by atoms with E-state index in [9.17, 15) is 4.79 Å². The Hall–Kier alpha value is -1.73. The Kier molecular flexibility index (Phi) is 3.77. The minimum atomic E-state index is -0.195. The maximum atomic E-state index is 12.4. The third-order valence-electron chi connectivity index (χ3n) is 3.84. The number of aryl methyl sites for hydroxylation is 1. The molecule has 1 atom stereocenters. The first kappa shape index (κ1) is 14.2. The molecule has 1 aliphatic rings. The van der Waals surface area contributed by atoms with Crippen LogP contribution in [0.5, 0.6) is 0 Å². The van der Waals surface area contributed by atoms with Crippen molar-refractivity contribution in [2.45, 2.75) is 26.1 Å². The smallest absolute Gasteiger partial charge is 0.246 e. The molecule has 0 saturated carbocycles. The van der Waals surface area contributed by atoms with Crippen molar-refractivity contribution in [2.75, 3.05) is 20.6 Å². The topological polar surface area (TPSA) is 54.3 Å². The molecule has 0 aromatic carbocycles. The van der Waals surface area contributed by atoms with Crippen molar-refractivity contribution in [1.82, 2.24) is 24.3 Å². The zero-order valence-corrected chi connectivity index (χ0v) is 13.3. The number of likely N-dealkylation sites (N-methyl/N-ethyl adjacent to an activating group) is 1. The fourth-order valence-electron chi connectivity index (χ4n) is 2.66. The highest BCUT2D eigenvalue weighted by Crippen LogP contribution is 2.25. The van der Waals surface area contributed by atoms with Gasteiger partial charge in [-0.05, 0) is 6.92 Å². The van der Waals surface area contributed by atoms with Gasteiger partial charge in [0, 0.05) is 44.8 Å². The average Bonchev–Trinajstić information content (AvgIpc) is 3.06. The van der Waals surface area contributed by atoms with Gasteiger partial charge in [0.25, 0.3) is 0 Å².